The Kier molecular flexibility index (Phi) is 3.59. The lowest BCUT2D eigenvalue weighted by molar-refractivity contribution is 0.152. The summed E-state index contributed by atoms with van der Waals surface area (Å²) in [6.07, 6.45) is 0.642. The number of likely N-dealkylation sites (tertiary alicyclic amines) is 1. The van der Waals surface area contributed by atoms with Crippen molar-refractivity contribution < 1.29 is 5.11 Å². The van der Waals surface area contributed by atoms with Gasteiger partial charge in [-0.15, -0.1) is 0 Å². The molecule has 16 heavy (non-hydrogen) atoms. The molecule has 0 amide bonds. The fraction of sp³-hybridized carbons (Fsp3) is 0.538. The van der Waals surface area contributed by atoms with E-state index >= 15 is 0 Å². The van der Waals surface area contributed by atoms with Crippen molar-refractivity contribution in [3.63, 3.8) is 0 Å². The SMILES string of the molecule is C[C@@H](c1ccccc1)C(N)N1CC[C@H](O)C1. The smallest absolute Gasteiger partial charge is 0.0679 e. The summed E-state index contributed by atoms with van der Waals surface area (Å²) in [5, 5.41) is 9.50. The van der Waals surface area contributed by atoms with Crippen LogP contribution in [-0.2, 0) is 0 Å². The number of β-amino-alcohol motifs (C(OH)–C–C–N with tert-alkyl or cyclic N) is 1. The Hall–Kier alpha value is -0.900. The molecule has 0 spiro atoms. The molecule has 1 aromatic rings. The van der Waals surface area contributed by atoms with E-state index in [1.54, 1.807) is 0 Å². The summed E-state index contributed by atoms with van der Waals surface area (Å²) in [7, 11) is 0. The van der Waals surface area contributed by atoms with Gasteiger partial charge in [0.25, 0.3) is 0 Å². The fourth-order valence-corrected chi connectivity index (χ4v) is 2.31. The number of rotatable bonds is 3. The molecule has 88 valence electrons. The largest absolute Gasteiger partial charge is 0.392 e. The summed E-state index contributed by atoms with van der Waals surface area (Å²) in [6, 6.07) is 10.3. The highest BCUT2D eigenvalue weighted by Gasteiger charge is 2.28. The number of hydrogen-bond donors (Lipinski definition) is 2. The van der Waals surface area contributed by atoms with Gasteiger partial charge in [0.15, 0.2) is 0 Å². The summed E-state index contributed by atoms with van der Waals surface area (Å²) in [4.78, 5) is 2.17. The van der Waals surface area contributed by atoms with E-state index in [0.29, 0.717) is 12.5 Å². The van der Waals surface area contributed by atoms with E-state index in [1.165, 1.54) is 5.56 Å². The van der Waals surface area contributed by atoms with Gasteiger partial charge in [-0.2, -0.15) is 0 Å². The molecule has 3 N–H and O–H groups in total. The van der Waals surface area contributed by atoms with Gasteiger partial charge in [0.1, 0.15) is 0 Å². The van der Waals surface area contributed by atoms with E-state index in [2.05, 4.69) is 24.0 Å². The van der Waals surface area contributed by atoms with Crippen LogP contribution in [0, 0.1) is 0 Å². The quantitative estimate of drug-likeness (QED) is 0.803. The van der Waals surface area contributed by atoms with E-state index in [-0.39, 0.29) is 12.3 Å². The third-order valence-electron chi connectivity index (χ3n) is 3.45. The second kappa shape index (κ2) is 4.95. The number of aliphatic hydroxyl groups excluding tert-OH is 1. The molecule has 3 heteroatoms. The fourth-order valence-electron chi connectivity index (χ4n) is 2.31. The van der Waals surface area contributed by atoms with E-state index in [9.17, 15) is 5.11 Å². The van der Waals surface area contributed by atoms with Gasteiger partial charge in [0.05, 0.1) is 12.3 Å². The molecule has 1 saturated heterocycles. The molecule has 0 radical (unpaired) electrons. The second-order valence-electron chi connectivity index (χ2n) is 4.63. The highest BCUT2D eigenvalue weighted by molar-refractivity contribution is 5.20. The highest BCUT2D eigenvalue weighted by Crippen LogP contribution is 2.22. The Morgan fingerprint density at radius 1 is 1.38 bits per heavy atom. The molecule has 0 aromatic heterocycles. The van der Waals surface area contributed by atoms with Gasteiger partial charge in [0.2, 0.25) is 0 Å². The Morgan fingerprint density at radius 2 is 2.06 bits per heavy atom. The Labute approximate surface area is 96.9 Å². The molecule has 1 unspecified atom stereocenters. The lowest BCUT2D eigenvalue weighted by Crippen LogP contribution is -2.44. The monoisotopic (exact) mass is 220 g/mol. The third-order valence-corrected chi connectivity index (χ3v) is 3.45. The summed E-state index contributed by atoms with van der Waals surface area (Å²) in [5.74, 6) is 0.298. The predicted octanol–water partition coefficient (Wildman–Crippen LogP) is 1.14. The van der Waals surface area contributed by atoms with Crippen LogP contribution in [0.3, 0.4) is 0 Å². The van der Waals surface area contributed by atoms with Gasteiger partial charge < -0.3 is 10.8 Å². The van der Waals surface area contributed by atoms with Crippen molar-refractivity contribution in [1.29, 1.82) is 0 Å². The van der Waals surface area contributed by atoms with Crippen molar-refractivity contribution in [3.8, 4) is 0 Å². The minimum Gasteiger partial charge on any atom is -0.392 e. The van der Waals surface area contributed by atoms with Crippen molar-refractivity contribution in [2.24, 2.45) is 5.73 Å². The van der Waals surface area contributed by atoms with E-state index < -0.39 is 0 Å². The van der Waals surface area contributed by atoms with Crippen molar-refractivity contribution in [3.05, 3.63) is 35.9 Å². The minimum absolute atomic E-state index is 0.000417. The lowest BCUT2D eigenvalue weighted by atomic mass is 9.98. The van der Waals surface area contributed by atoms with Crippen LogP contribution in [0.5, 0.6) is 0 Å². The number of aliphatic hydroxyl groups is 1. The maximum atomic E-state index is 9.50. The van der Waals surface area contributed by atoms with Crippen LogP contribution in [0.15, 0.2) is 30.3 Å². The Balaban J connectivity index is 2.02. The molecule has 3 nitrogen and oxygen atoms in total. The van der Waals surface area contributed by atoms with Gasteiger partial charge in [-0.05, 0) is 12.0 Å². The summed E-state index contributed by atoms with van der Waals surface area (Å²) in [5.41, 5.74) is 7.49. The average molecular weight is 220 g/mol. The van der Waals surface area contributed by atoms with E-state index in [4.69, 9.17) is 5.73 Å². The lowest BCUT2D eigenvalue weighted by Gasteiger charge is -2.29. The molecular weight excluding hydrogens is 200 g/mol. The summed E-state index contributed by atoms with van der Waals surface area (Å²) in [6.45, 7) is 3.75. The first-order valence-electron chi connectivity index (χ1n) is 5.91. The van der Waals surface area contributed by atoms with Crippen LogP contribution in [-0.4, -0.2) is 35.4 Å². The maximum Gasteiger partial charge on any atom is 0.0679 e. The normalized spacial score (nSPS) is 25.6. The number of nitrogens with zero attached hydrogens (tertiary/aromatic N) is 1. The molecule has 0 bridgehead atoms. The molecule has 0 aliphatic carbocycles. The van der Waals surface area contributed by atoms with Crippen LogP contribution in [0.25, 0.3) is 0 Å². The molecule has 1 heterocycles. The van der Waals surface area contributed by atoms with E-state index in [1.807, 2.05) is 18.2 Å². The van der Waals surface area contributed by atoms with Crippen LogP contribution < -0.4 is 5.73 Å². The van der Waals surface area contributed by atoms with Crippen molar-refractivity contribution >= 4 is 0 Å². The van der Waals surface area contributed by atoms with Crippen molar-refractivity contribution in [1.82, 2.24) is 4.90 Å². The molecule has 1 aliphatic heterocycles. The summed E-state index contributed by atoms with van der Waals surface area (Å²) >= 11 is 0. The zero-order valence-corrected chi connectivity index (χ0v) is 9.71. The van der Waals surface area contributed by atoms with Gasteiger partial charge in [-0.1, -0.05) is 37.3 Å². The predicted molar refractivity (Wildman–Crippen MR) is 65.0 cm³/mol. The van der Waals surface area contributed by atoms with Crippen LogP contribution in [0.1, 0.15) is 24.8 Å². The molecule has 1 aromatic carbocycles. The van der Waals surface area contributed by atoms with Crippen LogP contribution >= 0.6 is 0 Å². The molecule has 3 atom stereocenters. The van der Waals surface area contributed by atoms with Gasteiger partial charge in [0, 0.05) is 19.0 Å². The highest BCUT2D eigenvalue weighted by atomic mass is 16.3. The topological polar surface area (TPSA) is 49.5 Å². The molecule has 1 aliphatic rings. The Bertz CT molecular complexity index is 328. The molecule has 0 saturated carbocycles. The number of hydrogen-bond acceptors (Lipinski definition) is 3. The number of nitrogens with two attached hydrogens (primary N) is 1. The van der Waals surface area contributed by atoms with Crippen molar-refractivity contribution in [2.75, 3.05) is 13.1 Å². The first-order chi connectivity index (χ1) is 7.68. The zero-order valence-electron chi connectivity index (χ0n) is 9.71. The average Bonchev–Trinajstić information content (AvgIpc) is 2.75. The third kappa shape index (κ3) is 2.43. The van der Waals surface area contributed by atoms with E-state index in [0.717, 1.165) is 13.0 Å². The van der Waals surface area contributed by atoms with Crippen LogP contribution in [0.2, 0.25) is 0 Å². The summed E-state index contributed by atoms with van der Waals surface area (Å²) < 4.78 is 0. The molecule has 2 rings (SSSR count). The first kappa shape index (κ1) is 11.6. The van der Waals surface area contributed by atoms with Gasteiger partial charge in [-0.25, -0.2) is 0 Å². The second-order valence-corrected chi connectivity index (χ2v) is 4.63. The van der Waals surface area contributed by atoms with Gasteiger partial charge >= 0.3 is 0 Å². The maximum absolute atomic E-state index is 9.50. The zero-order chi connectivity index (χ0) is 11.5. The number of benzene rings is 1. The van der Waals surface area contributed by atoms with Gasteiger partial charge in [-0.3, -0.25) is 4.90 Å². The van der Waals surface area contributed by atoms with Crippen molar-refractivity contribution in [2.45, 2.75) is 31.5 Å². The first-order valence-corrected chi connectivity index (χ1v) is 5.91. The molecule has 1 fully saturated rings. The van der Waals surface area contributed by atoms with Crippen LogP contribution in [0.4, 0.5) is 0 Å². The minimum atomic E-state index is -0.200. The standard InChI is InChI=1S/C13H20N2O/c1-10(11-5-3-2-4-6-11)13(14)15-8-7-12(16)9-15/h2-6,10,12-13,16H,7-9,14H2,1H3/t10-,12-,13?/m0/s1. The Morgan fingerprint density at radius 3 is 2.62 bits per heavy atom. The molecular formula is C13H20N2O.